The number of fused-ring (bicyclic) bond motifs is 1. The maximum Gasteiger partial charge on any atom is 0.259 e. The molecule has 4 aliphatic rings. The summed E-state index contributed by atoms with van der Waals surface area (Å²) >= 11 is 0. The summed E-state index contributed by atoms with van der Waals surface area (Å²) in [5, 5.41) is 4.26. The van der Waals surface area contributed by atoms with Crippen molar-refractivity contribution in [3.05, 3.63) is 76.7 Å². The van der Waals surface area contributed by atoms with Crippen LogP contribution in [0.15, 0.2) is 65.6 Å². The molecule has 0 unspecified atom stereocenters. The third-order valence-corrected chi connectivity index (χ3v) is 8.88. The number of nitrogens with zero attached hydrogens (tertiary/aromatic N) is 1. The standard InChI is InChI=1S/C30H33N3O3/c31-28(35)26(14-19-5-2-1-3-6-19)33-10-9-23-24(29(33)36)7-4-8-25(23)32-27(34)18-30-15-20-11-21(16-30)13-22(12-20)17-30/h1-10,20-22,26H,11-18H2,(H2,31,35)(H,32,34)/t20?,21?,22?,26-,30?/m0/s1. The van der Waals surface area contributed by atoms with Crippen molar-refractivity contribution in [2.75, 3.05) is 5.32 Å². The van der Waals surface area contributed by atoms with Crippen molar-refractivity contribution in [2.45, 2.75) is 57.4 Å². The van der Waals surface area contributed by atoms with Gasteiger partial charge in [-0.1, -0.05) is 36.4 Å². The highest BCUT2D eigenvalue weighted by atomic mass is 16.2. The Morgan fingerprint density at radius 3 is 2.22 bits per heavy atom. The van der Waals surface area contributed by atoms with E-state index in [4.69, 9.17) is 5.73 Å². The van der Waals surface area contributed by atoms with E-state index in [2.05, 4.69) is 5.32 Å². The largest absolute Gasteiger partial charge is 0.368 e. The zero-order valence-corrected chi connectivity index (χ0v) is 20.5. The van der Waals surface area contributed by atoms with E-state index in [9.17, 15) is 14.4 Å². The molecule has 36 heavy (non-hydrogen) atoms. The second-order valence-corrected chi connectivity index (χ2v) is 11.5. The highest BCUT2D eigenvalue weighted by Crippen LogP contribution is 2.61. The summed E-state index contributed by atoms with van der Waals surface area (Å²) in [6.45, 7) is 0. The molecule has 1 heterocycles. The van der Waals surface area contributed by atoms with Gasteiger partial charge in [-0.05, 0) is 85.5 Å². The summed E-state index contributed by atoms with van der Waals surface area (Å²) < 4.78 is 1.42. The number of pyridine rings is 1. The fraction of sp³-hybridized carbons (Fsp3) is 0.433. The zero-order chi connectivity index (χ0) is 24.9. The minimum absolute atomic E-state index is 0.0349. The van der Waals surface area contributed by atoms with Crippen LogP contribution in [0.5, 0.6) is 0 Å². The molecule has 6 heteroatoms. The van der Waals surface area contributed by atoms with Gasteiger partial charge in [0.15, 0.2) is 0 Å². The molecule has 6 nitrogen and oxygen atoms in total. The molecule has 1 atom stereocenters. The van der Waals surface area contributed by atoms with Gasteiger partial charge in [0.2, 0.25) is 11.8 Å². The summed E-state index contributed by atoms with van der Waals surface area (Å²) in [4.78, 5) is 39.0. The maximum atomic E-state index is 13.4. The van der Waals surface area contributed by atoms with Gasteiger partial charge >= 0.3 is 0 Å². The van der Waals surface area contributed by atoms with Gasteiger partial charge < -0.3 is 15.6 Å². The van der Waals surface area contributed by atoms with Crippen LogP contribution in [0.4, 0.5) is 5.69 Å². The molecular weight excluding hydrogens is 450 g/mol. The molecule has 3 N–H and O–H groups in total. The molecule has 0 aliphatic heterocycles. The minimum Gasteiger partial charge on any atom is -0.368 e. The molecule has 2 aromatic carbocycles. The lowest BCUT2D eigenvalue weighted by Gasteiger charge is -2.56. The van der Waals surface area contributed by atoms with Crippen molar-refractivity contribution in [1.82, 2.24) is 4.57 Å². The second-order valence-electron chi connectivity index (χ2n) is 11.5. The van der Waals surface area contributed by atoms with Crippen molar-refractivity contribution in [2.24, 2.45) is 28.9 Å². The van der Waals surface area contributed by atoms with Gasteiger partial charge in [0, 0.05) is 35.5 Å². The van der Waals surface area contributed by atoms with E-state index in [1.165, 1.54) is 43.1 Å². The van der Waals surface area contributed by atoms with E-state index >= 15 is 0 Å². The molecule has 186 valence electrons. The molecule has 4 bridgehead atoms. The Labute approximate surface area is 210 Å². The van der Waals surface area contributed by atoms with Crippen molar-refractivity contribution in [3.8, 4) is 0 Å². The normalized spacial score (nSPS) is 27.2. The molecule has 4 saturated carbocycles. The van der Waals surface area contributed by atoms with Crippen molar-refractivity contribution >= 4 is 28.3 Å². The lowest BCUT2D eigenvalue weighted by Crippen LogP contribution is -2.47. The van der Waals surface area contributed by atoms with Crippen molar-refractivity contribution in [3.63, 3.8) is 0 Å². The third kappa shape index (κ3) is 4.23. The fourth-order valence-electron chi connectivity index (χ4n) is 7.86. The molecule has 4 aliphatic carbocycles. The van der Waals surface area contributed by atoms with Crippen LogP contribution in [0.2, 0.25) is 0 Å². The molecule has 7 rings (SSSR count). The zero-order valence-electron chi connectivity index (χ0n) is 20.5. The predicted molar refractivity (Wildman–Crippen MR) is 140 cm³/mol. The average molecular weight is 484 g/mol. The van der Waals surface area contributed by atoms with E-state index in [1.807, 2.05) is 36.4 Å². The van der Waals surface area contributed by atoms with Gasteiger partial charge in [-0.2, -0.15) is 0 Å². The number of carbonyl (C=O) groups excluding carboxylic acids is 2. The predicted octanol–water partition coefficient (Wildman–Crippen LogP) is 4.82. The first kappa shape index (κ1) is 23.0. The number of nitrogens with two attached hydrogens (primary N) is 1. The number of hydrogen-bond acceptors (Lipinski definition) is 3. The number of primary amides is 1. The molecule has 2 amide bonds. The Balaban J connectivity index is 1.25. The maximum absolute atomic E-state index is 13.4. The highest BCUT2D eigenvalue weighted by molar-refractivity contribution is 6.02. The Morgan fingerprint density at radius 2 is 1.58 bits per heavy atom. The number of anilines is 1. The summed E-state index contributed by atoms with van der Waals surface area (Å²) in [6, 6.07) is 15.9. The quantitative estimate of drug-likeness (QED) is 0.505. The summed E-state index contributed by atoms with van der Waals surface area (Å²) in [5.41, 5.74) is 7.15. The number of carbonyl (C=O) groups is 2. The van der Waals surface area contributed by atoms with Crippen LogP contribution < -0.4 is 16.6 Å². The second kappa shape index (κ2) is 8.91. The summed E-state index contributed by atoms with van der Waals surface area (Å²) in [5.74, 6) is 1.88. The third-order valence-electron chi connectivity index (χ3n) is 8.88. The number of amides is 2. The number of rotatable bonds is 7. The topological polar surface area (TPSA) is 94.2 Å². The molecule has 0 saturated heterocycles. The highest BCUT2D eigenvalue weighted by Gasteiger charge is 2.51. The fourth-order valence-corrected chi connectivity index (χ4v) is 7.86. The van der Waals surface area contributed by atoms with E-state index in [-0.39, 0.29) is 16.9 Å². The molecule has 1 aromatic heterocycles. The number of aromatic nitrogens is 1. The number of nitrogens with one attached hydrogen (secondary N) is 1. The van der Waals surface area contributed by atoms with Crippen molar-refractivity contribution in [1.29, 1.82) is 0 Å². The average Bonchev–Trinajstić information content (AvgIpc) is 2.83. The number of benzene rings is 2. The minimum atomic E-state index is -0.793. The first-order valence-corrected chi connectivity index (χ1v) is 13.2. The van der Waals surface area contributed by atoms with Crippen molar-refractivity contribution < 1.29 is 9.59 Å². The molecule has 0 radical (unpaired) electrons. The SMILES string of the molecule is NC(=O)[C@H](Cc1ccccc1)n1ccc2c(NC(=O)CC34CC5CC(CC(C5)C3)C4)cccc2c1=O. The Kier molecular flexibility index (Phi) is 5.70. The van der Waals surface area contributed by atoms with Crippen LogP contribution in [-0.4, -0.2) is 16.4 Å². The monoisotopic (exact) mass is 483 g/mol. The van der Waals surface area contributed by atoms with E-state index in [0.717, 1.165) is 23.3 Å². The molecular formula is C30H33N3O3. The Bertz CT molecular complexity index is 1340. The lowest BCUT2D eigenvalue weighted by molar-refractivity contribution is -0.124. The Morgan fingerprint density at radius 1 is 0.917 bits per heavy atom. The first-order valence-electron chi connectivity index (χ1n) is 13.2. The molecule has 0 spiro atoms. The van der Waals surface area contributed by atoms with E-state index < -0.39 is 11.9 Å². The van der Waals surface area contributed by atoms with Gasteiger partial charge in [-0.25, -0.2) is 0 Å². The summed E-state index contributed by atoms with van der Waals surface area (Å²) in [7, 11) is 0. The van der Waals surface area contributed by atoms with Gasteiger partial charge in [-0.3, -0.25) is 14.4 Å². The lowest BCUT2D eigenvalue weighted by atomic mass is 9.49. The van der Waals surface area contributed by atoms with Crippen LogP contribution in [0, 0.1) is 23.2 Å². The number of hydrogen-bond donors (Lipinski definition) is 2. The van der Waals surface area contributed by atoms with Crippen LogP contribution >= 0.6 is 0 Å². The summed E-state index contributed by atoms with van der Waals surface area (Å²) in [6.07, 6.45) is 10.1. The Hall–Kier alpha value is -3.41. The van der Waals surface area contributed by atoms with Gasteiger partial charge in [0.05, 0.1) is 0 Å². The van der Waals surface area contributed by atoms with Crippen LogP contribution in [0.25, 0.3) is 10.8 Å². The van der Waals surface area contributed by atoms with Crippen LogP contribution in [0.3, 0.4) is 0 Å². The van der Waals surface area contributed by atoms with Gasteiger partial charge in [0.1, 0.15) is 6.04 Å². The molecule has 4 fully saturated rings. The smallest absolute Gasteiger partial charge is 0.259 e. The first-order chi connectivity index (χ1) is 17.4. The van der Waals surface area contributed by atoms with E-state index in [1.54, 1.807) is 24.4 Å². The van der Waals surface area contributed by atoms with Gasteiger partial charge in [0.25, 0.3) is 5.56 Å². The molecule has 3 aromatic rings. The van der Waals surface area contributed by atoms with Crippen LogP contribution in [0.1, 0.15) is 56.6 Å². The van der Waals surface area contributed by atoms with E-state index in [0.29, 0.717) is 29.3 Å². The van der Waals surface area contributed by atoms with Gasteiger partial charge in [-0.15, -0.1) is 0 Å². The van der Waals surface area contributed by atoms with Crippen LogP contribution in [-0.2, 0) is 16.0 Å².